The van der Waals surface area contributed by atoms with Gasteiger partial charge in [-0.3, -0.25) is 4.79 Å². The summed E-state index contributed by atoms with van der Waals surface area (Å²) in [7, 11) is 1.58. The van der Waals surface area contributed by atoms with Crippen molar-refractivity contribution in [1.29, 1.82) is 0 Å². The number of amides is 1. The van der Waals surface area contributed by atoms with Crippen LogP contribution in [0, 0.1) is 5.41 Å². The first kappa shape index (κ1) is 18.5. The highest BCUT2D eigenvalue weighted by Gasteiger charge is 2.43. The van der Waals surface area contributed by atoms with Crippen molar-refractivity contribution in [3.05, 3.63) is 29.8 Å². The van der Waals surface area contributed by atoms with Crippen molar-refractivity contribution in [2.45, 2.75) is 46.6 Å². The number of aliphatic hydroxyl groups is 1. The Kier molecular flexibility index (Phi) is 6.00. The number of likely N-dealkylation sites (N-methyl/N-ethyl adjacent to an activating group) is 1. The number of ether oxygens (including phenoxy) is 1. The summed E-state index contributed by atoms with van der Waals surface area (Å²) in [5.74, 6) is 0.387. The number of benzene rings is 1. The zero-order chi connectivity index (χ0) is 17.0. The Bertz CT molecular complexity index is 503. The molecule has 1 rings (SSSR count). The molecule has 22 heavy (non-hydrogen) atoms. The summed E-state index contributed by atoms with van der Waals surface area (Å²) >= 11 is 0. The molecule has 4 nitrogen and oxygen atoms in total. The summed E-state index contributed by atoms with van der Waals surface area (Å²) in [6.45, 7) is 11.1. The normalized spacial score (nSPS) is 14.3. The summed E-state index contributed by atoms with van der Waals surface area (Å²) in [6.07, 6.45) is 0.350. The highest BCUT2D eigenvalue weighted by atomic mass is 16.5. The lowest BCUT2D eigenvalue weighted by Crippen LogP contribution is -2.48. The van der Waals surface area contributed by atoms with E-state index >= 15 is 0 Å². The average Bonchev–Trinajstić information content (AvgIpc) is 2.46. The number of rotatable bonds is 6. The van der Waals surface area contributed by atoms with Crippen molar-refractivity contribution < 1.29 is 14.6 Å². The molecule has 124 valence electrons. The summed E-state index contributed by atoms with van der Waals surface area (Å²) in [5.41, 5.74) is -1.15. The van der Waals surface area contributed by atoms with E-state index in [1.54, 1.807) is 30.2 Å². The lowest BCUT2D eigenvalue weighted by molar-refractivity contribution is -0.155. The second kappa shape index (κ2) is 7.14. The molecule has 0 aliphatic carbocycles. The zero-order valence-corrected chi connectivity index (χ0v) is 14.6. The monoisotopic (exact) mass is 307 g/mol. The van der Waals surface area contributed by atoms with Crippen LogP contribution in [-0.4, -0.2) is 36.1 Å². The molecular formula is C18H29NO3. The molecule has 1 unspecified atom stereocenters. The molecule has 0 bridgehead atoms. The highest BCUT2D eigenvalue weighted by molar-refractivity contribution is 5.86. The summed E-state index contributed by atoms with van der Waals surface area (Å²) in [4.78, 5) is 14.6. The zero-order valence-electron chi connectivity index (χ0n) is 14.6. The lowest BCUT2D eigenvalue weighted by Gasteiger charge is -2.37. The van der Waals surface area contributed by atoms with Crippen molar-refractivity contribution in [3.8, 4) is 5.75 Å². The van der Waals surface area contributed by atoms with Crippen LogP contribution < -0.4 is 4.74 Å². The molecule has 1 aromatic rings. The van der Waals surface area contributed by atoms with E-state index in [0.29, 0.717) is 30.8 Å². The van der Waals surface area contributed by atoms with Crippen molar-refractivity contribution in [3.63, 3.8) is 0 Å². The molecule has 1 amide bonds. The van der Waals surface area contributed by atoms with E-state index in [1.807, 2.05) is 40.7 Å². The molecule has 1 aromatic carbocycles. The van der Waals surface area contributed by atoms with E-state index in [0.717, 1.165) is 0 Å². The van der Waals surface area contributed by atoms with Crippen molar-refractivity contribution in [2.75, 3.05) is 20.2 Å². The van der Waals surface area contributed by atoms with Crippen LogP contribution in [0.2, 0.25) is 0 Å². The third-order valence-corrected chi connectivity index (χ3v) is 3.74. The van der Waals surface area contributed by atoms with Crippen LogP contribution in [0.4, 0.5) is 0 Å². The van der Waals surface area contributed by atoms with E-state index in [-0.39, 0.29) is 11.3 Å². The SMILES string of the molecule is CCN(CC)C(=O)C(O)(CC(C)(C)C)c1cccc(OC)c1. The first-order valence-corrected chi connectivity index (χ1v) is 7.84. The van der Waals surface area contributed by atoms with E-state index in [4.69, 9.17) is 4.74 Å². The van der Waals surface area contributed by atoms with Crippen LogP contribution in [-0.2, 0) is 10.4 Å². The Hall–Kier alpha value is -1.55. The Morgan fingerprint density at radius 2 is 1.82 bits per heavy atom. The van der Waals surface area contributed by atoms with Crippen LogP contribution in [0.1, 0.15) is 46.6 Å². The number of carbonyl (C=O) groups is 1. The fourth-order valence-electron chi connectivity index (χ4n) is 2.72. The van der Waals surface area contributed by atoms with Gasteiger partial charge in [0, 0.05) is 13.1 Å². The van der Waals surface area contributed by atoms with Crippen molar-refractivity contribution in [2.24, 2.45) is 5.41 Å². The number of methoxy groups -OCH3 is 1. The largest absolute Gasteiger partial charge is 0.497 e. The van der Waals surface area contributed by atoms with Crippen molar-refractivity contribution >= 4 is 5.91 Å². The molecule has 0 aliphatic heterocycles. The van der Waals surface area contributed by atoms with Gasteiger partial charge in [0.2, 0.25) is 0 Å². The highest BCUT2D eigenvalue weighted by Crippen LogP contribution is 2.37. The van der Waals surface area contributed by atoms with Gasteiger partial charge in [-0.05, 0) is 43.4 Å². The predicted molar refractivity (Wildman–Crippen MR) is 88.9 cm³/mol. The molecule has 0 aromatic heterocycles. The third-order valence-electron chi connectivity index (χ3n) is 3.74. The van der Waals surface area contributed by atoms with Crippen LogP contribution in [0.3, 0.4) is 0 Å². The molecule has 0 aliphatic rings. The molecule has 4 heteroatoms. The molecule has 0 fully saturated rings. The number of carbonyl (C=O) groups excluding carboxylic acids is 1. The minimum atomic E-state index is -1.54. The van der Waals surface area contributed by atoms with E-state index in [9.17, 15) is 9.90 Å². The Morgan fingerprint density at radius 3 is 2.27 bits per heavy atom. The number of nitrogens with zero attached hydrogens (tertiary/aromatic N) is 1. The second-order valence-electron chi connectivity index (χ2n) is 6.81. The average molecular weight is 307 g/mol. The maximum atomic E-state index is 12.9. The maximum absolute atomic E-state index is 12.9. The minimum absolute atomic E-state index is 0.194. The first-order valence-electron chi connectivity index (χ1n) is 7.84. The van der Waals surface area contributed by atoms with Gasteiger partial charge in [0.1, 0.15) is 5.75 Å². The fraction of sp³-hybridized carbons (Fsp3) is 0.611. The Morgan fingerprint density at radius 1 is 1.23 bits per heavy atom. The third kappa shape index (κ3) is 4.23. The van der Waals surface area contributed by atoms with E-state index in [2.05, 4.69) is 0 Å². The first-order chi connectivity index (χ1) is 10.2. The minimum Gasteiger partial charge on any atom is -0.497 e. The molecule has 0 spiro atoms. The van der Waals surface area contributed by atoms with Gasteiger partial charge >= 0.3 is 0 Å². The Balaban J connectivity index is 3.35. The predicted octanol–water partition coefficient (Wildman–Crippen LogP) is 3.19. The smallest absolute Gasteiger partial charge is 0.259 e. The van der Waals surface area contributed by atoms with Gasteiger partial charge < -0.3 is 14.7 Å². The van der Waals surface area contributed by atoms with Gasteiger partial charge in [0.15, 0.2) is 5.60 Å². The molecule has 0 heterocycles. The van der Waals surface area contributed by atoms with Gasteiger partial charge in [-0.1, -0.05) is 32.9 Å². The van der Waals surface area contributed by atoms with Crippen LogP contribution in [0.5, 0.6) is 5.75 Å². The molecule has 0 saturated carbocycles. The number of hydrogen-bond acceptors (Lipinski definition) is 3. The molecule has 1 atom stereocenters. The number of hydrogen-bond donors (Lipinski definition) is 1. The van der Waals surface area contributed by atoms with E-state index in [1.165, 1.54) is 0 Å². The lowest BCUT2D eigenvalue weighted by atomic mass is 9.77. The van der Waals surface area contributed by atoms with Gasteiger partial charge in [-0.15, -0.1) is 0 Å². The van der Waals surface area contributed by atoms with Gasteiger partial charge in [0.05, 0.1) is 7.11 Å². The quantitative estimate of drug-likeness (QED) is 0.878. The molecule has 0 radical (unpaired) electrons. The topological polar surface area (TPSA) is 49.8 Å². The maximum Gasteiger partial charge on any atom is 0.259 e. The standard InChI is InChI=1S/C18H29NO3/c1-7-19(8-2)16(20)18(21,13-17(3,4)5)14-10-9-11-15(12-14)22-6/h9-12,21H,7-8,13H2,1-6H3. The summed E-state index contributed by atoms with van der Waals surface area (Å²) < 4.78 is 5.24. The second-order valence-corrected chi connectivity index (χ2v) is 6.81. The summed E-state index contributed by atoms with van der Waals surface area (Å²) in [6, 6.07) is 7.14. The van der Waals surface area contributed by atoms with Crippen LogP contribution >= 0.6 is 0 Å². The molecular weight excluding hydrogens is 278 g/mol. The fourth-order valence-corrected chi connectivity index (χ4v) is 2.72. The van der Waals surface area contributed by atoms with Crippen molar-refractivity contribution in [1.82, 2.24) is 4.90 Å². The summed E-state index contributed by atoms with van der Waals surface area (Å²) in [5, 5.41) is 11.3. The van der Waals surface area contributed by atoms with Gasteiger partial charge in [0.25, 0.3) is 5.91 Å². The Labute approximate surface area is 134 Å². The van der Waals surface area contributed by atoms with Crippen LogP contribution in [0.25, 0.3) is 0 Å². The van der Waals surface area contributed by atoms with Gasteiger partial charge in [-0.25, -0.2) is 0 Å². The molecule has 1 N–H and O–H groups in total. The van der Waals surface area contributed by atoms with Crippen LogP contribution in [0.15, 0.2) is 24.3 Å². The van der Waals surface area contributed by atoms with Gasteiger partial charge in [-0.2, -0.15) is 0 Å². The molecule has 0 saturated heterocycles. The van der Waals surface area contributed by atoms with E-state index < -0.39 is 5.60 Å².